The normalized spacial score (nSPS) is 18.0. The molecule has 0 aliphatic carbocycles. The molecule has 136 valence electrons. The van der Waals surface area contributed by atoms with Gasteiger partial charge >= 0.3 is 13.2 Å². The fourth-order valence-corrected chi connectivity index (χ4v) is 2.29. The van der Waals surface area contributed by atoms with Gasteiger partial charge in [-0.3, -0.25) is 4.79 Å². The van der Waals surface area contributed by atoms with Crippen LogP contribution in [0.2, 0.25) is 0 Å². The second-order valence-electron chi connectivity index (χ2n) is 7.21. The third-order valence-corrected chi connectivity index (χ3v) is 4.72. The number of anilines is 1. The molecule has 1 aliphatic heterocycles. The van der Waals surface area contributed by atoms with Crippen LogP contribution < -0.4 is 10.8 Å². The summed E-state index contributed by atoms with van der Waals surface area (Å²) in [6.45, 7) is 8.13. The van der Waals surface area contributed by atoms with Crippen LogP contribution in [0, 0.1) is 0 Å². The predicted molar refractivity (Wildman–Crippen MR) is 96.1 cm³/mol. The molecular weight excluding hydrogens is 323 g/mol. The summed E-state index contributed by atoms with van der Waals surface area (Å²) < 4.78 is 12.0. The Morgan fingerprint density at radius 3 is 2.12 bits per heavy atom. The van der Waals surface area contributed by atoms with Crippen LogP contribution in [-0.4, -0.2) is 53.9 Å². The van der Waals surface area contributed by atoms with E-state index in [1.807, 2.05) is 39.8 Å². The molecule has 0 radical (unpaired) electrons. The Kier molecular flexibility index (Phi) is 5.44. The van der Waals surface area contributed by atoms with E-state index in [-0.39, 0.29) is 18.9 Å². The molecule has 0 bridgehead atoms. The molecule has 0 spiro atoms. The van der Waals surface area contributed by atoms with Crippen LogP contribution in [0.15, 0.2) is 24.3 Å². The van der Waals surface area contributed by atoms with E-state index >= 15 is 0 Å². The van der Waals surface area contributed by atoms with Crippen LogP contribution in [-0.2, 0) is 14.1 Å². The summed E-state index contributed by atoms with van der Waals surface area (Å²) in [5.74, 6) is -0.239. The number of nitrogens with one attached hydrogen (secondary N) is 1. The number of hydrogen-bond acceptors (Lipinski definition) is 4. The van der Waals surface area contributed by atoms with Gasteiger partial charge in [-0.2, -0.15) is 0 Å². The summed E-state index contributed by atoms with van der Waals surface area (Å²) in [5, 5.41) is 11.5. The second kappa shape index (κ2) is 7.05. The summed E-state index contributed by atoms with van der Waals surface area (Å²) in [6, 6.07) is 7.25. The maximum Gasteiger partial charge on any atom is 0.494 e. The number of amides is 2. The van der Waals surface area contributed by atoms with Gasteiger partial charge in [-0.15, -0.1) is 0 Å². The topological polar surface area (TPSA) is 88.1 Å². The first kappa shape index (κ1) is 19.3. The van der Waals surface area contributed by atoms with E-state index in [2.05, 4.69) is 5.32 Å². The summed E-state index contributed by atoms with van der Waals surface area (Å²) in [7, 11) is 0.980. The lowest BCUT2D eigenvalue weighted by Gasteiger charge is -2.32. The van der Waals surface area contributed by atoms with Crippen molar-refractivity contribution in [1.29, 1.82) is 0 Å². The van der Waals surface area contributed by atoms with Gasteiger partial charge < -0.3 is 24.6 Å². The smallest absolute Gasteiger partial charge is 0.465 e. The standard InChI is InChI=1S/C17H25BN2O5/c1-16(2)17(3,4)25-18(24-16)12-6-8-13(9-7-12)19-14(21)10-11-20(5)15(22)23/h6-9H,10-11H2,1-5H3,(H,19,21)(H,22,23). The summed E-state index contributed by atoms with van der Waals surface area (Å²) >= 11 is 0. The second-order valence-corrected chi connectivity index (χ2v) is 7.21. The first-order valence-corrected chi connectivity index (χ1v) is 8.21. The number of carbonyl (C=O) groups excluding carboxylic acids is 1. The average molecular weight is 348 g/mol. The van der Waals surface area contributed by atoms with Crippen molar-refractivity contribution < 1.29 is 24.0 Å². The molecule has 8 heteroatoms. The molecular formula is C17H25BN2O5. The van der Waals surface area contributed by atoms with Crippen LogP contribution in [0.4, 0.5) is 10.5 Å². The third-order valence-electron chi connectivity index (χ3n) is 4.72. The van der Waals surface area contributed by atoms with Gasteiger partial charge in [0, 0.05) is 25.7 Å². The fraction of sp³-hybridized carbons (Fsp3) is 0.529. The highest BCUT2D eigenvalue weighted by molar-refractivity contribution is 6.62. The van der Waals surface area contributed by atoms with Crippen LogP contribution in [0.1, 0.15) is 34.1 Å². The van der Waals surface area contributed by atoms with E-state index in [1.54, 1.807) is 12.1 Å². The van der Waals surface area contributed by atoms with Crippen LogP contribution in [0.5, 0.6) is 0 Å². The molecule has 2 rings (SSSR count). The number of nitrogens with zero attached hydrogens (tertiary/aromatic N) is 1. The van der Waals surface area contributed by atoms with E-state index < -0.39 is 24.4 Å². The minimum Gasteiger partial charge on any atom is -0.465 e. The van der Waals surface area contributed by atoms with Crippen molar-refractivity contribution in [1.82, 2.24) is 4.90 Å². The average Bonchev–Trinajstić information content (AvgIpc) is 2.73. The molecule has 0 saturated carbocycles. The van der Waals surface area contributed by atoms with E-state index in [9.17, 15) is 9.59 Å². The molecule has 0 atom stereocenters. The lowest BCUT2D eigenvalue weighted by Crippen LogP contribution is -2.41. The van der Waals surface area contributed by atoms with E-state index in [1.165, 1.54) is 7.05 Å². The summed E-state index contributed by atoms with van der Waals surface area (Å²) in [4.78, 5) is 23.6. The molecule has 7 nitrogen and oxygen atoms in total. The number of carbonyl (C=O) groups is 2. The molecule has 25 heavy (non-hydrogen) atoms. The van der Waals surface area contributed by atoms with Gasteiger partial charge in [0.1, 0.15) is 0 Å². The maximum atomic E-state index is 11.9. The number of rotatable bonds is 5. The molecule has 1 saturated heterocycles. The quantitative estimate of drug-likeness (QED) is 0.794. The zero-order valence-corrected chi connectivity index (χ0v) is 15.3. The molecule has 1 aromatic rings. The highest BCUT2D eigenvalue weighted by Crippen LogP contribution is 2.36. The predicted octanol–water partition coefficient (Wildman–Crippen LogP) is 1.92. The first-order valence-electron chi connectivity index (χ1n) is 8.21. The van der Waals surface area contributed by atoms with Gasteiger partial charge in [0.2, 0.25) is 5.91 Å². The molecule has 1 aliphatic rings. The Bertz CT molecular complexity index is 629. The largest absolute Gasteiger partial charge is 0.494 e. The van der Waals surface area contributed by atoms with E-state index in [0.717, 1.165) is 10.4 Å². The van der Waals surface area contributed by atoms with Crippen LogP contribution in [0.3, 0.4) is 0 Å². The maximum absolute atomic E-state index is 11.9. The van der Waals surface area contributed by atoms with Gasteiger partial charge in [-0.05, 0) is 45.3 Å². The van der Waals surface area contributed by atoms with Gasteiger partial charge in [-0.25, -0.2) is 4.79 Å². The fourth-order valence-electron chi connectivity index (χ4n) is 2.29. The minimum absolute atomic E-state index is 0.0990. The van der Waals surface area contributed by atoms with Crippen molar-refractivity contribution in [3.05, 3.63) is 24.3 Å². The monoisotopic (exact) mass is 348 g/mol. The molecule has 1 fully saturated rings. The minimum atomic E-state index is -1.06. The number of carboxylic acid groups (broad SMARTS) is 1. The van der Waals surface area contributed by atoms with E-state index in [4.69, 9.17) is 14.4 Å². The highest BCUT2D eigenvalue weighted by Gasteiger charge is 2.51. The highest BCUT2D eigenvalue weighted by atomic mass is 16.7. The number of hydrogen-bond donors (Lipinski definition) is 2. The zero-order chi connectivity index (χ0) is 18.8. The number of benzene rings is 1. The van der Waals surface area contributed by atoms with E-state index in [0.29, 0.717) is 5.69 Å². The Hall–Kier alpha value is -2.06. The lowest BCUT2D eigenvalue weighted by atomic mass is 9.79. The molecule has 2 amide bonds. The Labute approximate surface area is 148 Å². The van der Waals surface area contributed by atoms with Gasteiger partial charge in [0.15, 0.2) is 0 Å². The Balaban J connectivity index is 1.92. The van der Waals surface area contributed by atoms with Crippen molar-refractivity contribution in [2.45, 2.75) is 45.3 Å². The third kappa shape index (κ3) is 4.52. The van der Waals surface area contributed by atoms with Crippen molar-refractivity contribution in [2.75, 3.05) is 18.9 Å². The molecule has 0 aromatic heterocycles. The van der Waals surface area contributed by atoms with Crippen LogP contribution in [0.25, 0.3) is 0 Å². The molecule has 1 aromatic carbocycles. The van der Waals surface area contributed by atoms with Crippen molar-refractivity contribution in [2.24, 2.45) is 0 Å². The Morgan fingerprint density at radius 2 is 1.64 bits per heavy atom. The van der Waals surface area contributed by atoms with Crippen molar-refractivity contribution >= 4 is 30.3 Å². The van der Waals surface area contributed by atoms with Crippen molar-refractivity contribution in [3.63, 3.8) is 0 Å². The molecule has 1 heterocycles. The first-order chi connectivity index (χ1) is 11.5. The summed E-state index contributed by atoms with van der Waals surface area (Å²) in [6.07, 6.45) is -0.957. The lowest BCUT2D eigenvalue weighted by molar-refractivity contribution is -0.116. The SMILES string of the molecule is CN(CCC(=O)Nc1ccc(B2OC(C)(C)C(C)(C)O2)cc1)C(=O)O. The van der Waals surface area contributed by atoms with Gasteiger partial charge in [0.25, 0.3) is 0 Å². The summed E-state index contributed by atoms with van der Waals surface area (Å²) in [5.41, 5.74) is 0.715. The van der Waals surface area contributed by atoms with Crippen molar-refractivity contribution in [3.8, 4) is 0 Å². The molecule has 0 unspecified atom stereocenters. The van der Waals surface area contributed by atoms with Gasteiger partial charge in [-0.1, -0.05) is 12.1 Å². The van der Waals surface area contributed by atoms with Crippen LogP contribution >= 0.6 is 0 Å². The zero-order valence-electron chi connectivity index (χ0n) is 15.3. The Morgan fingerprint density at radius 1 is 1.12 bits per heavy atom. The van der Waals surface area contributed by atoms with Gasteiger partial charge in [0.05, 0.1) is 11.2 Å². The molecule has 2 N–H and O–H groups in total.